The highest BCUT2D eigenvalue weighted by Crippen LogP contribution is 2.20. The molecule has 1 aromatic heterocycles. The largest absolute Gasteiger partial charge is 0.390 e. The molecule has 0 bridgehead atoms. The molecule has 0 fully saturated rings. The second-order valence-corrected chi connectivity index (χ2v) is 3.34. The summed E-state index contributed by atoms with van der Waals surface area (Å²) in [4.78, 5) is 0. The van der Waals surface area contributed by atoms with Gasteiger partial charge in [-0.05, 0) is 18.6 Å². The number of halogens is 3. The number of aromatic nitrogens is 1. The van der Waals surface area contributed by atoms with Gasteiger partial charge in [0.2, 0.25) is 0 Å². The van der Waals surface area contributed by atoms with Crippen molar-refractivity contribution in [3.63, 3.8) is 0 Å². The van der Waals surface area contributed by atoms with Crippen LogP contribution in [0.3, 0.4) is 0 Å². The van der Waals surface area contributed by atoms with E-state index in [0.717, 1.165) is 5.56 Å². The molecule has 1 atom stereocenters. The van der Waals surface area contributed by atoms with Crippen LogP contribution >= 0.6 is 0 Å². The topological polar surface area (TPSA) is 30.9 Å². The average Bonchev–Trinajstić information content (AvgIpc) is 2.47. The summed E-state index contributed by atoms with van der Waals surface area (Å²) in [7, 11) is 0. The standard InChI is InChI=1S/C9H13F3N2/c1-7(13)8-2-4-14(6-8)5-3-9(10,11)12/h2,4,6-7H,3,5,13H2,1H3. The Morgan fingerprint density at radius 1 is 1.50 bits per heavy atom. The second-order valence-electron chi connectivity index (χ2n) is 3.34. The van der Waals surface area contributed by atoms with Crippen LogP contribution in [0.1, 0.15) is 24.9 Å². The highest BCUT2D eigenvalue weighted by atomic mass is 19.4. The zero-order chi connectivity index (χ0) is 10.8. The van der Waals surface area contributed by atoms with Crippen molar-refractivity contribution in [2.75, 3.05) is 0 Å². The molecule has 2 N–H and O–H groups in total. The van der Waals surface area contributed by atoms with Gasteiger partial charge >= 0.3 is 6.18 Å². The van der Waals surface area contributed by atoms with Crippen molar-refractivity contribution in [3.05, 3.63) is 24.0 Å². The van der Waals surface area contributed by atoms with Gasteiger partial charge in [-0.25, -0.2) is 0 Å². The van der Waals surface area contributed by atoms with Crippen LogP contribution in [0, 0.1) is 0 Å². The lowest BCUT2D eigenvalue weighted by molar-refractivity contribution is -0.136. The molecule has 0 aliphatic carbocycles. The number of nitrogens with two attached hydrogens (primary N) is 1. The minimum Gasteiger partial charge on any atom is -0.354 e. The zero-order valence-corrected chi connectivity index (χ0v) is 7.88. The van der Waals surface area contributed by atoms with Gasteiger partial charge in [0.25, 0.3) is 0 Å². The Bertz CT molecular complexity index is 288. The Hall–Kier alpha value is -0.970. The molecule has 0 saturated heterocycles. The first-order valence-corrected chi connectivity index (χ1v) is 4.36. The lowest BCUT2D eigenvalue weighted by Gasteiger charge is -2.06. The van der Waals surface area contributed by atoms with Crippen molar-refractivity contribution in [1.29, 1.82) is 0 Å². The summed E-state index contributed by atoms with van der Waals surface area (Å²) >= 11 is 0. The number of aryl methyl sites for hydroxylation is 1. The Morgan fingerprint density at radius 2 is 2.14 bits per heavy atom. The van der Waals surface area contributed by atoms with Crippen LogP contribution in [0.15, 0.2) is 18.5 Å². The summed E-state index contributed by atoms with van der Waals surface area (Å²) in [5, 5.41) is 0. The minimum atomic E-state index is -4.10. The van der Waals surface area contributed by atoms with Crippen LogP contribution in [0.5, 0.6) is 0 Å². The Labute approximate surface area is 80.5 Å². The fraction of sp³-hybridized carbons (Fsp3) is 0.556. The summed E-state index contributed by atoms with van der Waals surface area (Å²) in [5.41, 5.74) is 6.43. The van der Waals surface area contributed by atoms with Gasteiger partial charge in [-0.15, -0.1) is 0 Å². The summed E-state index contributed by atoms with van der Waals surface area (Å²) in [6.45, 7) is 1.75. The maximum atomic E-state index is 11.9. The number of alkyl halides is 3. The molecule has 1 aromatic rings. The predicted molar refractivity (Wildman–Crippen MR) is 47.7 cm³/mol. The molecule has 1 heterocycles. The molecule has 2 nitrogen and oxygen atoms in total. The van der Waals surface area contributed by atoms with E-state index in [2.05, 4.69) is 0 Å². The van der Waals surface area contributed by atoms with E-state index in [1.54, 1.807) is 25.4 Å². The van der Waals surface area contributed by atoms with Gasteiger partial charge in [0.15, 0.2) is 0 Å². The van der Waals surface area contributed by atoms with Crippen molar-refractivity contribution < 1.29 is 13.2 Å². The minimum absolute atomic E-state index is 0.0454. The van der Waals surface area contributed by atoms with Gasteiger partial charge < -0.3 is 10.3 Å². The summed E-state index contributed by atoms with van der Waals surface area (Å²) in [5.74, 6) is 0. The molecule has 0 aliphatic heterocycles. The van der Waals surface area contributed by atoms with E-state index >= 15 is 0 Å². The molecule has 80 valence electrons. The molecule has 1 rings (SSSR count). The predicted octanol–water partition coefficient (Wildman–Crippen LogP) is 2.46. The summed E-state index contributed by atoms with van der Waals surface area (Å²) < 4.78 is 37.1. The monoisotopic (exact) mass is 206 g/mol. The third-order valence-electron chi connectivity index (χ3n) is 1.95. The number of hydrogen-bond donors (Lipinski definition) is 1. The molecule has 0 spiro atoms. The van der Waals surface area contributed by atoms with Crippen LogP contribution < -0.4 is 5.73 Å². The highest BCUT2D eigenvalue weighted by molar-refractivity contribution is 5.13. The summed E-state index contributed by atoms with van der Waals surface area (Å²) in [6, 6.07) is 1.60. The third-order valence-corrected chi connectivity index (χ3v) is 1.95. The van der Waals surface area contributed by atoms with E-state index in [-0.39, 0.29) is 12.6 Å². The first kappa shape index (κ1) is 11.1. The Morgan fingerprint density at radius 3 is 2.57 bits per heavy atom. The first-order valence-electron chi connectivity index (χ1n) is 4.36. The van der Waals surface area contributed by atoms with E-state index in [9.17, 15) is 13.2 Å². The Kier molecular flexibility index (Phi) is 3.21. The second kappa shape index (κ2) is 4.04. The quantitative estimate of drug-likeness (QED) is 0.809. The van der Waals surface area contributed by atoms with E-state index < -0.39 is 12.6 Å². The van der Waals surface area contributed by atoms with E-state index in [1.807, 2.05) is 0 Å². The maximum absolute atomic E-state index is 11.9. The molecule has 1 unspecified atom stereocenters. The molecular weight excluding hydrogens is 193 g/mol. The molecule has 0 radical (unpaired) electrons. The third kappa shape index (κ3) is 3.41. The highest BCUT2D eigenvalue weighted by Gasteiger charge is 2.26. The van der Waals surface area contributed by atoms with Gasteiger partial charge in [0.05, 0.1) is 6.42 Å². The molecule has 14 heavy (non-hydrogen) atoms. The lowest BCUT2D eigenvalue weighted by atomic mass is 10.2. The fourth-order valence-corrected chi connectivity index (χ4v) is 1.12. The van der Waals surface area contributed by atoms with Gasteiger partial charge in [-0.3, -0.25) is 0 Å². The molecular formula is C9H13F3N2. The average molecular weight is 206 g/mol. The fourth-order valence-electron chi connectivity index (χ4n) is 1.12. The van der Waals surface area contributed by atoms with Crippen molar-refractivity contribution in [1.82, 2.24) is 4.57 Å². The molecule has 5 heteroatoms. The van der Waals surface area contributed by atoms with Crippen molar-refractivity contribution in [3.8, 4) is 0 Å². The molecule has 0 amide bonds. The van der Waals surface area contributed by atoms with E-state index in [4.69, 9.17) is 5.73 Å². The smallest absolute Gasteiger partial charge is 0.354 e. The normalized spacial score (nSPS) is 14.4. The number of nitrogens with zero attached hydrogens (tertiary/aromatic N) is 1. The van der Waals surface area contributed by atoms with Gasteiger partial charge in [0.1, 0.15) is 0 Å². The molecule has 0 aliphatic rings. The van der Waals surface area contributed by atoms with Crippen molar-refractivity contribution in [2.24, 2.45) is 5.73 Å². The van der Waals surface area contributed by atoms with Crippen LogP contribution in [0.25, 0.3) is 0 Å². The van der Waals surface area contributed by atoms with Crippen LogP contribution in [-0.4, -0.2) is 10.7 Å². The summed E-state index contributed by atoms with van der Waals surface area (Å²) in [6.07, 6.45) is -1.64. The molecule has 0 aromatic carbocycles. The van der Waals surface area contributed by atoms with Crippen molar-refractivity contribution >= 4 is 0 Å². The van der Waals surface area contributed by atoms with E-state index in [0.29, 0.717) is 0 Å². The maximum Gasteiger partial charge on any atom is 0.390 e. The SMILES string of the molecule is CC(N)c1ccn(CCC(F)(F)F)c1. The van der Waals surface area contributed by atoms with Gasteiger partial charge in [0, 0.05) is 25.0 Å². The van der Waals surface area contributed by atoms with Crippen LogP contribution in [-0.2, 0) is 6.54 Å². The van der Waals surface area contributed by atoms with Gasteiger partial charge in [-0.2, -0.15) is 13.2 Å². The van der Waals surface area contributed by atoms with E-state index in [1.165, 1.54) is 4.57 Å². The van der Waals surface area contributed by atoms with Crippen LogP contribution in [0.2, 0.25) is 0 Å². The zero-order valence-electron chi connectivity index (χ0n) is 7.88. The lowest BCUT2D eigenvalue weighted by Crippen LogP contribution is -2.11. The van der Waals surface area contributed by atoms with Crippen molar-refractivity contribution in [2.45, 2.75) is 32.1 Å². The van der Waals surface area contributed by atoms with Crippen LogP contribution in [0.4, 0.5) is 13.2 Å². The Balaban J connectivity index is 2.52. The molecule has 0 saturated carbocycles. The first-order chi connectivity index (χ1) is 6.38. The number of hydrogen-bond acceptors (Lipinski definition) is 1. The number of rotatable bonds is 3. The van der Waals surface area contributed by atoms with Gasteiger partial charge in [-0.1, -0.05) is 0 Å².